The monoisotopic (exact) mass is 326 g/mol. The summed E-state index contributed by atoms with van der Waals surface area (Å²) in [6.45, 7) is 5.65. The van der Waals surface area contributed by atoms with Crippen LogP contribution < -0.4 is 10.6 Å². The number of anilines is 1. The standard InChI is InChI=1S/C15H23BrN2O/c1-2-19-14-4-3-9-18(11-14)15-10-13(16)6-5-12(15)7-8-17/h5-6,10,14H,2-4,7-9,11,17H2,1H3. The molecule has 0 saturated carbocycles. The van der Waals surface area contributed by atoms with Gasteiger partial charge in [-0.2, -0.15) is 0 Å². The van der Waals surface area contributed by atoms with E-state index < -0.39 is 0 Å². The predicted molar refractivity (Wildman–Crippen MR) is 83.8 cm³/mol. The van der Waals surface area contributed by atoms with Crippen LogP contribution in [-0.2, 0) is 11.2 Å². The lowest BCUT2D eigenvalue weighted by Gasteiger charge is -2.35. The predicted octanol–water partition coefficient (Wildman–Crippen LogP) is 2.96. The smallest absolute Gasteiger partial charge is 0.0750 e. The van der Waals surface area contributed by atoms with Gasteiger partial charge in [-0.15, -0.1) is 0 Å². The summed E-state index contributed by atoms with van der Waals surface area (Å²) in [6.07, 6.45) is 3.66. The lowest BCUT2D eigenvalue weighted by Crippen LogP contribution is -2.40. The Hall–Kier alpha value is -0.580. The van der Waals surface area contributed by atoms with Crippen LogP contribution in [-0.4, -0.2) is 32.3 Å². The van der Waals surface area contributed by atoms with Crippen molar-refractivity contribution in [2.45, 2.75) is 32.3 Å². The summed E-state index contributed by atoms with van der Waals surface area (Å²) in [5, 5.41) is 0. The van der Waals surface area contributed by atoms with Crippen LogP contribution in [0.4, 0.5) is 5.69 Å². The molecule has 0 bridgehead atoms. The summed E-state index contributed by atoms with van der Waals surface area (Å²) in [4.78, 5) is 2.44. The van der Waals surface area contributed by atoms with Gasteiger partial charge in [-0.05, 0) is 50.4 Å². The molecular weight excluding hydrogens is 304 g/mol. The van der Waals surface area contributed by atoms with E-state index in [9.17, 15) is 0 Å². The van der Waals surface area contributed by atoms with Gasteiger partial charge in [0.05, 0.1) is 6.10 Å². The first-order chi connectivity index (χ1) is 9.24. The lowest BCUT2D eigenvalue weighted by atomic mass is 10.0. The highest BCUT2D eigenvalue weighted by atomic mass is 79.9. The normalized spacial score (nSPS) is 19.7. The number of halogens is 1. The Bertz CT molecular complexity index is 409. The van der Waals surface area contributed by atoms with Crippen molar-refractivity contribution in [3.05, 3.63) is 28.2 Å². The number of piperidine rings is 1. The third kappa shape index (κ3) is 3.94. The molecule has 0 amide bonds. The van der Waals surface area contributed by atoms with Gasteiger partial charge in [-0.1, -0.05) is 22.0 Å². The summed E-state index contributed by atoms with van der Waals surface area (Å²) in [5.74, 6) is 0. The molecule has 0 aromatic heterocycles. The summed E-state index contributed by atoms with van der Waals surface area (Å²) in [5.41, 5.74) is 8.36. The minimum Gasteiger partial charge on any atom is -0.377 e. The van der Waals surface area contributed by atoms with Crippen LogP contribution in [0.2, 0.25) is 0 Å². The zero-order valence-electron chi connectivity index (χ0n) is 11.6. The number of benzene rings is 1. The quantitative estimate of drug-likeness (QED) is 0.904. The van der Waals surface area contributed by atoms with Crippen molar-refractivity contribution in [3.63, 3.8) is 0 Å². The molecule has 4 heteroatoms. The molecule has 1 saturated heterocycles. The zero-order chi connectivity index (χ0) is 13.7. The van der Waals surface area contributed by atoms with Gasteiger partial charge in [-0.3, -0.25) is 0 Å². The SMILES string of the molecule is CCOC1CCCN(c2cc(Br)ccc2CCN)C1. The molecule has 1 atom stereocenters. The van der Waals surface area contributed by atoms with Gasteiger partial charge in [0.25, 0.3) is 0 Å². The van der Waals surface area contributed by atoms with Crippen LogP contribution in [0.1, 0.15) is 25.3 Å². The summed E-state index contributed by atoms with van der Waals surface area (Å²) >= 11 is 3.57. The molecule has 2 N–H and O–H groups in total. The van der Waals surface area contributed by atoms with E-state index in [0.29, 0.717) is 12.6 Å². The molecule has 1 aromatic carbocycles. The maximum absolute atomic E-state index is 5.79. The molecule has 19 heavy (non-hydrogen) atoms. The number of nitrogens with two attached hydrogens (primary N) is 1. The molecule has 0 aliphatic carbocycles. The van der Waals surface area contributed by atoms with Crippen LogP contribution in [0.25, 0.3) is 0 Å². The highest BCUT2D eigenvalue weighted by molar-refractivity contribution is 9.10. The average molecular weight is 327 g/mol. The third-order valence-corrected chi connectivity index (χ3v) is 4.08. The number of rotatable bonds is 5. The van der Waals surface area contributed by atoms with Gasteiger partial charge in [0.2, 0.25) is 0 Å². The molecule has 0 spiro atoms. The van der Waals surface area contributed by atoms with E-state index in [1.807, 2.05) is 0 Å². The minimum absolute atomic E-state index is 0.364. The fourth-order valence-corrected chi connectivity index (χ4v) is 3.08. The molecular formula is C15H23BrN2O. The second-order valence-electron chi connectivity index (χ2n) is 4.98. The Morgan fingerprint density at radius 1 is 1.47 bits per heavy atom. The van der Waals surface area contributed by atoms with Gasteiger partial charge < -0.3 is 15.4 Å². The average Bonchev–Trinajstić information content (AvgIpc) is 2.42. The van der Waals surface area contributed by atoms with Crippen molar-refractivity contribution in [1.82, 2.24) is 0 Å². The fraction of sp³-hybridized carbons (Fsp3) is 0.600. The maximum Gasteiger partial charge on any atom is 0.0750 e. The number of hydrogen-bond donors (Lipinski definition) is 1. The van der Waals surface area contributed by atoms with Gasteiger partial charge in [0.1, 0.15) is 0 Å². The second-order valence-corrected chi connectivity index (χ2v) is 5.89. The maximum atomic E-state index is 5.79. The summed E-state index contributed by atoms with van der Waals surface area (Å²) in [7, 11) is 0. The summed E-state index contributed by atoms with van der Waals surface area (Å²) in [6, 6.07) is 6.48. The minimum atomic E-state index is 0.364. The topological polar surface area (TPSA) is 38.5 Å². The van der Waals surface area contributed by atoms with Gasteiger partial charge >= 0.3 is 0 Å². The first kappa shape index (κ1) is 14.8. The highest BCUT2D eigenvalue weighted by Crippen LogP contribution is 2.28. The third-order valence-electron chi connectivity index (χ3n) is 3.58. The van der Waals surface area contributed by atoms with E-state index in [-0.39, 0.29) is 0 Å². The van der Waals surface area contributed by atoms with Crippen molar-refractivity contribution < 1.29 is 4.74 Å². The van der Waals surface area contributed by atoms with E-state index in [1.165, 1.54) is 24.1 Å². The van der Waals surface area contributed by atoms with E-state index in [0.717, 1.165) is 30.6 Å². The zero-order valence-corrected chi connectivity index (χ0v) is 13.2. The van der Waals surface area contributed by atoms with Crippen LogP contribution in [0.5, 0.6) is 0 Å². The Morgan fingerprint density at radius 2 is 2.32 bits per heavy atom. The van der Waals surface area contributed by atoms with Gasteiger partial charge in [-0.25, -0.2) is 0 Å². The fourth-order valence-electron chi connectivity index (χ4n) is 2.73. The summed E-state index contributed by atoms with van der Waals surface area (Å²) < 4.78 is 6.91. The lowest BCUT2D eigenvalue weighted by molar-refractivity contribution is 0.0526. The number of hydrogen-bond acceptors (Lipinski definition) is 3. The van der Waals surface area contributed by atoms with E-state index in [4.69, 9.17) is 10.5 Å². The molecule has 1 fully saturated rings. The molecule has 106 valence electrons. The molecule has 1 aromatic rings. The Balaban J connectivity index is 2.17. The van der Waals surface area contributed by atoms with Gasteiger partial charge in [0.15, 0.2) is 0 Å². The van der Waals surface area contributed by atoms with E-state index in [2.05, 4.69) is 46.0 Å². The van der Waals surface area contributed by atoms with Crippen molar-refractivity contribution in [2.75, 3.05) is 31.1 Å². The molecule has 2 rings (SSSR count). The van der Waals surface area contributed by atoms with E-state index in [1.54, 1.807) is 0 Å². The Labute approximate surface area is 124 Å². The Kier molecular flexibility index (Phi) is 5.67. The molecule has 3 nitrogen and oxygen atoms in total. The van der Waals surface area contributed by atoms with Crippen LogP contribution in [0, 0.1) is 0 Å². The molecule has 1 aliphatic heterocycles. The number of ether oxygens (including phenoxy) is 1. The second kappa shape index (κ2) is 7.27. The first-order valence-electron chi connectivity index (χ1n) is 7.09. The van der Waals surface area contributed by atoms with Gasteiger partial charge in [0, 0.05) is 29.9 Å². The number of nitrogens with zero attached hydrogens (tertiary/aromatic N) is 1. The van der Waals surface area contributed by atoms with Crippen LogP contribution >= 0.6 is 15.9 Å². The van der Waals surface area contributed by atoms with Crippen molar-refractivity contribution in [2.24, 2.45) is 5.73 Å². The molecule has 0 radical (unpaired) electrons. The molecule has 1 heterocycles. The van der Waals surface area contributed by atoms with Crippen molar-refractivity contribution >= 4 is 21.6 Å². The van der Waals surface area contributed by atoms with Crippen molar-refractivity contribution in [1.29, 1.82) is 0 Å². The highest BCUT2D eigenvalue weighted by Gasteiger charge is 2.21. The largest absolute Gasteiger partial charge is 0.377 e. The van der Waals surface area contributed by atoms with E-state index >= 15 is 0 Å². The van der Waals surface area contributed by atoms with Crippen molar-refractivity contribution in [3.8, 4) is 0 Å². The molecule has 1 aliphatic rings. The molecule has 1 unspecified atom stereocenters. The van der Waals surface area contributed by atoms with Crippen LogP contribution in [0.15, 0.2) is 22.7 Å². The Morgan fingerprint density at radius 3 is 3.05 bits per heavy atom. The van der Waals surface area contributed by atoms with Crippen LogP contribution in [0.3, 0.4) is 0 Å². The first-order valence-corrected chi connectivity index (χ1v) is 7.89.